The van der Waals surface area contributed by atoms with Crippen LogP contribution in [0.4, 0.5) is 0 Å². The first-order valence-electron chi connectivity index (χ1n) is 14.7. The highest BCUT2D eigenvalue weighted by molar-refractivity contribution is 7.89. The van der Waals surface area contributed by atoms with E-state index in [0.29, 0.717) is 29.2 Å². The zero-order chi connectivity index (χ0) is 31.7. The minimum Gasteiger partial charge on any atom is -0.478 e. The van der Waals surface area contributed by atoms with Gasteiger partial charge in [0.25, 0.3) is 0 Å². The highest BCUT2D eigenvalue weighted by atomic mass is 32.2. The van der Waals surface area contributed by atoms with E-state index in [-0.39, 0.29) is 23.9 Å². The lowest BCUT2D eigenvalue weighted by molar-refractivity contribution is 0.0695. The van der Waals surface area contributed by atoms with Gasteiger partial charge in [0, 0.05) is 44.7 Å². The number of rotatable bonds is 12. The van der Waals surface area contributed by atoms with Gasteiger partial charge in [0.1, 0.15) is 5.56 Å². The van der Waals surface area contributed by atoms with E-state index in [1.165, 1.54) is 10.5 Å². The third kappa shape index (κ3) is 6.17. The fraction of sp³-hybridized carbons (Fsp3) is 0.273. The van der Waals surface area contributed by atoms with Crippen molar-refractivity contribution in [2.24, 2.45) is 7.05 Å². The number of aromatic carboxylic acids is 1. The standard InChI is InChI=1S/C33H35N7O4S/c1-22-8-4-5-13-31(22)45(43,44)39(15-14-34-2)20-23-9-6-10-24(16-23)25-11-7-12-26(17-25)40-32(29(19-35-40)33(41)42)28-18-27(28)30-21-38(3)37-36-30/h4-13,16-17,19,21,27-28,34H,14-15,18,20H2,1-3H3,(H,41,42)/t27-,28-/m1/s1. The summed E-state index contributed by atoms with van der Waals surface area (Å²) in [4.78, 5) is 12.5. The maximum absolute atomic E-state index is 13.7. The van der Waals surface area contributed by atoms with Crippen molar-refractivity contribution in [2.45, 2.75) is 36.6 Å². The Morgan fingerprint density at radius 1 is 1.04 bits per heavy atom. The number of benzene rings is 3. The predicted molar refractivity (Wildman–Crippen MR) is 170 cm³/mol. The van der Waals surface area contributed by atoms with Gasteiger partial charge in [0.05, 0.1) is 28.2 Å². The topological polar surface area (TPSA) is 135 Å². The van der Waals surface area contributed by atoms with Gasteiger partial charge in [-0.1, -0.05) is 53.7 Å². The molecule has 232 valence electrons. The van der Waals surface area contributed by atoms with Crippen molar-refractivity contribution in [1.29, 1.82) is 0 Å². The van der Waals surface area contributed by atoms with Crippen LogP contribution in [0.1, 0.15) is 51.1 Å². The van der Waals surface area contributed by atoms with Crippen LogP contribution in [0.5, 0.6) is 0 Å². The van der Waals surface area contributed by atoms with E-state index in [0.717, 1.165) is 34.5 Å². The molecule has 11 nitrogen and oxygen atoms in total. The van der Waals surface area contributed by atoms with Gasteiger partial charge in [-0.15, -0.1) is 5.10 Å². The van der Waals surface area contributed by atoms with Gasteiger partial charge >= 0.3 is 5.97 Å². The number of likely N-dealkylation sites (N-methyl/N-ethyl adjacent to an activating group) is 1. The number of aryl methyl sites for hydroxylation is 2. The Morgan fingerprint density at radius 3 is 2.51 bits per heavy atom. The summed E-state index contributed by atoms with van der Waals surface area (Å²) in [6.07, 6.45) is 4.04. The molecule has 45 heavy (non-hydrogen) atoms. The smallest absolute Gasteiger partial charge is 0.339 e. The van der Waals surface area contributed by atoms with E-state index in [1.807, 2.05) is 67.8 Å². The predicted octanol–water partition coefficient (Wildman–Crippen LogP) is 4.36. The number of hydrogen-bond donors (Lipinski definition) is 2. The molecule has 12 heteroatoms. The van der Waals surface area contributed by atoms with E-state index in [4.69, 9.17) is 0 Å². The molecule has 2 atom stereocenters. The molecule has 0 bridgehead atoms. The van der Waals surface area contributed by atoms with E-state index in [1.54, 1.807) is 41.5 Å². The average molecular weight is 626 g/mol. The summed E-state index contributed by atoms with van der Waals surface area (Å²) in [5, 5.41) is 25.8. The molecule has 5 aromatic rings. The van der Waals surface area contributed by atoms with Crippen molar-refractivity contribution in [3.8, 4) is 16.8 Å². The lowest BCUT2D eigenvalue weighted by atomic mass is 10.0. The van der Waals surface area contributed by atoms with Gasteiger partial charge in [-0.25, -0.2) is 17.9 Å². The Bertz CT molecular complexity index is 1970. The molecule has 2 heterocycles. The maximum Gasteiger partial charge on any atom is 0.339 e. The van der Waals surface area contributed by atoms with Crippen LogP contribution >= 0.6 is 0 Å². The fourth-order valence-corrected chi connectivity index (χ4v) is 7.47. The van der Waals surface area contributed by atoms with Crippen LogP contribution in [-0.2, 0) is 23.6 Å². The van der Waals surface area contributed by atoms with Gasteiger partial charge < -0.3 is 10.4 Å². The van der Waals surface area contributed by atoms with Gasteiger partial charge in [-0.05, 0) is 66.9 Å². The van der Waals surface area contributed by atoms with E-state index in [2.05, 4.69) is 20.7 Å². The molecule has 1 fully saturated rings. The van der Waals surface area contributed by atoms with Crippen LogP contribution in [0, 0.1) is 6.92 Å². The monoisotopic (exact) mass is 625 g/mol. The van der Waals surface area contributed by atoms with Crippen LogP contribution in [0.2, 0.25) is 0 Å². The Morgan fingerprint density at radius 2 is 1.80 bits per heavy atom. The van der Waals surface area contributed by atoms with Gasteiger partial charge in [-0.3, -0.25) is 4.68 Å². The number of nitrogens with zero attached hydrogens (tertiary/aromatic N) is 6. The van der Waals surface area contributed by atoms with Gasteiger partial charge in [-0.2, -0.15) is 9.40 Å². The molecule has 1 aliphatic rings. The summed E-state index contributed by atoms with van der Waals surface area (Å²) in [5.41, 5.74) is 5.76. The molecule has 0 spiro atoms. The lowest BCUT2D eigenvalue weighted by Gasteiger charge is -2.23. The first-order chi connectivity index (χ1) is 21.7. The molecule has 0 aliphatic heterocycles. The summed E-state index contributed by atoms with van der Waals surface area (Å²) in [6.45, 7) is 2.84. The number of carboxylic acid groups (broad SMARTS) is 1. The minimum absolute atomic E-state index is 0.0407. The SMILES string of the molecule is CNCCN(Cc1cccc(-c2cccc(-n3ncc(C(=O)O)c3[C@@H]3C[C@H]3c3cn(C)nn3)c2)c1)S(=O)(=O)c1ccccc1C. The zero-order valence-corrected chi connectivity index (χ0v) is 26.1. The lowest BCUT2D eigenvalue weighted by Crippen LogP contribution is -2.36. The van der Waals surface area contributed by atoms with Gasteiger partial charge in [0.2, 0.25) is 10.0 Å². The van der Waals surface area contributed by atoms with E-state index in [9.17, 15) is 18.3 Å². The van der Waals surface area contributed by atoms with Crippen molar-refractivity contribution in [1.82, 2.24) is 34.4 Å². The molecular formula is C33H35N7O4S. The Labute approximate surface area is 262 Å². The fourth-order valence-electron chi connectivity index (χ4n) is 5.82. The van der Waals surface area contributed by atoms with Crippen LogP contribution < -0.4 is 5.32 Å². The van der Waals surface area contributed by atoms with Crippen LogP contribution in [0.25, 0.3) is 16.8 Å². The summed E-state index contributed by atoms with van der Waals surface area (Å²) < 4.78 is 32.3. The van der Waals surface area contributed by atoms with E-state index < -0.39 is 16.0 Å². The van der Waals surface area contributed by atoms with E-state index >= 15 is 0 Å². The highest BCUT2D eigenvalue weighted by Crippen LogP contribution is 2.55. The highest BCUT2D eigenvalue weighted by Gasteiger charge is 2.46. The van der Waals surface area contributed by atoms with Crippen LogP contribution in [-0.4, -0.2) is 68.7 Å². The second-order valence-electron chi connectivity index (χ2n) is 11.4. The second kappa shape index (κ2) is 12.4. The molecule has 2 N–H and O–H groups in total. The second-order valence-corrected chi connectivity index (χ2v) is 13.3. The summed E-state index contributed by atoms with van der Waals surface area (Å²) in [5.74, 6) is -0.983. The molecule has 0 saturated heterocycles. The molecule has 0 amide bonds. The van der Waals surface area contributed by atoms with Crippen molar-refractivity contribution in [3.63, 3.8) is 0 Å². The van der Waals surface area contributed by atoms with Crippen molar-refractivity contribution in [2.75, 3.05) is 20.1 Å². The molecule has 3 aromatic carbocycles. The third-order valence-corrected chi connectivity index (χ3v) is 10.2. The molecule has 1 aliphatic carbocycles. The Hall–Kier alpha value is -4.65. The normalized spacial score (nSPS) is 16.3. The van der Waals surface area contributed by atoms with Crippen molar-refractivity contribution < 1.29 is 18.3 Å². The third-order valence-electron chi connectivity index (χ3n) is 8.21. The summed E-state index contributed by atoms with van der Waals surface area (Å²) in [6, 6.07) is 22.6. The molecule has 2 aromatic heterocycles. The number of hydrogen-bond acceptors (Lipinski definition) is 7. The summed E-state index contributed by atoms with van der Waals surface area (Å²) >= 11 is 0. The molecule has 6 rings (SSSR count). The average Bonchev–Trinajstić information content (AvgIpc) is 3.47. The summed E-state index contributed by atoms with van der Waals surface area (Å²) in [7, 11) is -0.122. The number of carbonyl (C=O) groups is 1. The van der Waals surface area contributed by atoms with Crippen molar-refractivity contribution >= 4 is 16.0 Å². The molecular weight excluding hydrogens is 590 g/mol. The molecule has 1 saturated carbocycles. The first kappa shape index (κ1) is 30.4. The first-order valence-corrected chi connectivity index (χ1v) is 16.2. The number of nitrogens with one attached hydrogen (secondary N) is 1. The molecule has 0 unspecified atom stereocenters. The van der Waals surface area contributed by atoms with Crippen LogP contribution in [0.3, 0.4) is 0 Å². The Balaban J connectivity index is 1.30. The largest absolute Gasteiger partial charge is 0.478 e. The zero-order valence-electron chi connectivity index (χ0n) is 25.3. The number of aromatic nitrogens is 5. The van der Waals surface area contributed by atoms with Crippen molar-refractivity contribution in [3.05, 3.63) is 113 Å². The number of sulfonamides is 1. The quantitative estimate of drug-likeness (QED) is 0.209. The Kier molecular flexibility index (Phi) is 8.36. The minimum atomic E-state index is -3.73. The van der Waals surface area contributed by atoms with Gasteiger partial charge in [0.15, 0.2) is 0 Å². The van der Waals surface area contributed by atoms with Crippen LogP contribution in [0.15, 0.2) is 90.1 Å². The maximum atomic E-state index is 13.7. The molecule has 0 radical (unpaired) electrons. The number of carboxylic acids is 1.